The van der Waals surface area contributed by atoms with E-state index < -0.39 is 5.63 Å². The van der Waals surface area contributed by atoms with Gasteiger partial charge in [0.1, 0.15) is 5.01 Å². The molecule has 0 atom stereocenters. The number of thiazole rings is 1. The highest BCUT2D eigenvalue weighted by molar-refractivity contribution is 7.13. The molecule has 2 aromatic heterocycles. The lowest BCUT2D eigenvalue weighted by Gasteiger charge is -2.04. The molecule has 0 saturated heterocycles. The number of methoxy groups -OCH3 is 1. The maximum absolute atomic E-state index is 12.5. The minimum atomic E-state index is -0.446. The minimum Gasteiger partial charge on any atom is -0.493 e. The van der Waals surface area contributed by atoms with E-state index in [9.17, 15) is 4.79 Å². The Balaban J connectivity index is 1.58. The zero-order valence-corrected chi connectivity index (χ0v) is 15.0. The van der Waals surface area contributed by atoms with Crippen molar-refractivity contribution in [1.82, 2.24) is 4.98 Å². The van der Waals surface area contributed by atoms with Crippen LogP contribution in [-0.2, 0) is 0 Å². The van der Waals surface area contributed by atoms with E-state index in [0.717, 1.165) is 22.4 Å². The third kappa shape index (κ3) is 2.63. The topological polar surface area (TPSA) is 70.8 Å². The van der Waals surface area contributed by atoms with Crippen LogP contribution in [0.15, 0.2) is 57.1 Å². The molecule has 0 unspecified atom stereocenters. The van der Waals surface area contributed by atoms with Gasteiger partial charge in [0, 0.05) is 16.3 Å². The van der Waals surface area contributed by atoms with Crippen LogP contribution in [0.3, 0.4) is 0 Å². The average Bonchev–Trinajstić information content (AvgIpc) is 3.35. The average molecular weight is 379 g/mol. The summed E-state index contributed by atoms with van der Waals surface area (Å²) in [5.74, 6) is 1.94. The Kier molecular flexibility index (Phi) is 3.61. The second-order valence-electron chi connectivity index (χ2n) is 5.93. The zero-order chi connectivity index (χ0) is 18.4. The van der Waals surface area contributed by atoms with Crippen molar-refractivity contribution >= 4 is 22.3 Å². The Morgan fingerprint density at radius 3 is 2.89 bits per heavy atom. The van der Waals surface area contributed by atoms with Crippen LogP contribution in [0, 0.1) is 0 Å². The summed E-state index contributed by atoms with van der Waals surface area (Å²) in [7, 11) is 1.54. The van der Waals surface area contributed by atoms with Crippen LogP contribution < -0.4 is 19.8 Å². The van der Waals surface area contributed by atoms with E-state index in [0.29, 0.717) is 27.7 Å². The van der Waals surface area contributed by atoms with Gasteiger partial charge in [0.05, 0.1) is 18.4 Å². The maximum Gasteiger partial charge on any atom is 0.346 e. The molecule has 0 amide bonds. The number of benzene rings is 2. The van der Waals surface area contributed by atoms with E-state index in [4.69, 9.17) is 18.6 Å². The lowest BCUT2D eigenvalue weighted by molar-refractivity contribution is 0.174. The summed E-state index contributed by atoms with van der Waals surface area (Å²) >= 11 is 1.39. The van der Waals surface area contributed by atoms with Crippen molar-refractivity contribution in [2.75, 3.05) is 13.9 Å². The highest BCUT2D eigenvalue weighted by atomic mass is 32.1. The number of fused-ring (bicyclic) bond motifs is 2. The fourth-order valence-corrected chi connectivity index (χ4v) is 3.85. The molecular weight excluding hydrogens is 366 g/mol. The molecule has 0 aliphatic carbocycles. The van der Waals surface area contributed by atoms with Crippen molar-refractivity contribution in [2.24, 2.45) is 0 Å². The lowest BCUT2D eigenvalue weighted by atomic mass is 10.1. The molecule has 0 saturated carbocycles. The van der Waals surface area contributed by atoms with Gasteiger partial charge in [0.15, 0.2) is 22.8 Å². The first-order valence-electron chi connectivity index (χ1n) is 8.20. The smallest absolute Gasteiger partial charge is 0.346 e. The molecule has 134 valence electrons. The second-order valence-corrected chi connectivity index (χ2v) is 6.79. The highest BCUT2D eigenvalue weighted by Crippen LogP contribution is 2.37. The Bertz CT molecular complexity index is 1230. The second kappa shape index (κ2) is 6.14. The van der Waals surface area contributed by atoms with Crippen molar-refractivity contribution < 1.29 is 18.6 Å². The van der Waals surface area contributed by atoms with Gasteiger partial charge in [-0.25, -0.2) is 9.78 Å². The first kappa shape index (κ1) is 15.9. The summed E-state index contributed by atoms with van der Waals surface area (Å²) in [6.45, 7) is 0.225. The number of ether oxygens (including phenoxy) is 3. The Labute approximate surface area is 157 Å². The first-order chi connectivity index (χ1) is 13.2. The van der Waals surface area contributed by atoms with Gasteiger partial charge in [-0.2, -0.15) is 0 Å². The molecule has 4 aromatic rings. The van der Waals surface area contributed by atoms with Crippen molar-refractivity contribution in [3.63, 3.8) is 0 Å². The van der Waals surface area contributed by atoms with E-state index >= 15 is 0 Å². The number of nitrogens with zero attached hydrogens (tertiary/aromatic N) is 1. The highest BCUT2D eigenvalue weighted by Gasteiger charge is 2.17. The molecule has 2 aromatic carbocycles. The zero-order valence-electron chi connectivity index (χ0n) is 14.2. The van der Waals surface area contributed by atoms with E-state index in [1.165, 1.54) is 11.3 Å². The van der Waals surface area contributed by atoms with Crippen LogP contribution in [0.5, 0.6) is 17.2 Å². The molecule has 0 fully saturated rings. The molecule has 0 spiro atoms. The number of hydrogen-bond acceptors (Lipinski definition) is 7. The van der Waals surface area contributed by atoms with Crippen LogP contribution >= 0.6 is 11.3 Å². The summed E-state index contributed by atoms with van der Waals surface area (Å²) in [4.78, 5) is 17.1. The summed E-state index contributed by atoms with van der Waals surface area (Å²) in [5, 5.41) is 3.28. The van der Waals surface area contributed by atoms with E-state index in [1.54, 1.807) is 19.2 Å². The molecule has 3 heterocycles. The number of para-hydroxylation sites is 1. The molecule has 5 rings (SSSR count). The third-order valence-electron chi connectivity index (χ3n) is 4.35. The molecule has 7 heteroatoms. The summed E-state index contributed by atoms with van der Waals surface area (Å²) in [6, 6.07) is 12.9. The summed E-state index contributed by atoms with van der Waals surface area (Å²) < 4.78 is 21.5. The van der Waals surface area contributed by atoms with Gasteiger partial charge in [-0.1, -0.05) is 12.1 Å². The van der Waals surface area contributed by atoms with Crippen LogP contribution in [0.25, 0.3) is 32.8 Å². The monoisotopic (exact) mass is 379 g/mol. The van der Waals surface area contributed by atoms with Gasteiger partial charge < -0.3 is 18.6 Å². The molecule has 1 aliphatic heterocycles. The molecule has 0 bridgehead atoms. The van der Waals surface area contributed by atoms with Crippen LogP contribution in [-0.4, -0.2) is 18.9 Å². The van der Waals surface area contributed by atoms with Crippen LogP contribution in [0.1, 0.15) is 0 Å². The van der Waals surface area contributed by atoms with Crippen molar-refractivity contribution in [1.29, 1.82) is 0 Å². The number of aromatic nitrogens is 1. The Hall–Kier alpha value is -3.32. The maximum atomic E-state index is 12.5. The van der Waals surface area contributed by atoms with Gasteiger partial charge in [-0.05, 0) is 30.3 Å². The Morgan fingerprint density at radius 2 is 2.00 bits per heavy atom. The van der Waals surface area contributed by atoms with Gasteiger partial charge >= 0.3 is 5.63 Å². The van der Waals surface area contributed by atoms with Gasteiger partial charge in [-0.3, -0.25) is 0 Å². The van der Waals surface area contributed by atoms with Crippen LogP contribution in [0.4, 0.5) is 0 Å². The summed E-state index contributed by atoms with van der Waals surface area (Å²) in [5.41, 5.74) is 2.07. The molecule has 27 heavy (non-hydrogen) atoms. The van der Waals surface area contributed by atoms with Gasteiger partial charge in [0.2, 0.25) is 6.79 Å². The Morgan fingerprint density at radius 1 is 1.11 bits per heavy atom. The predicted molar refractivity (Wildman–Crippen MR) is 102 cm³/mol. The van der Waals surface area contributed by atoms with Crippen molar-refractivity contribution in [2.45, 2.75) is 0 Å². The largest absolute Gasteiger partial charge is 0.493 e. The first-order valence-corrected chi connectivity index (χ1v) is 9.08. The fraction of sp³-hybridized carbons (Fsp3) is 0.100. The van der Waals surface area contributed by atoms with E-state index in [-0.39, 0.29) is 6.79 Å². The van der Waals surface area contributed by atoms with Crippen molar-refractivity contribution in [3.05, 3.63) is 58.3 Å². The minimum absolute atomic E-state index is 0.225. The number of rotatable bonds is 3. The predicted octanol–water partition coefficient (Wildman–Crippen LogP) is 4.32. The van der Waals surface area contributed by atoms with Gasteiger partial charge in [-0.15, -0.1) is 11.3 Å². The van der Waals surface area contributed by atoms with E-state index in [1.807, 2.05) is 35.7 Å². The molecule has 0 radical (unpaired) electrons. The molecular formula is C20H13NO5S. The molecule has 6 nitrogen and oxygen atoms in total. The third-order valence-corrected chi connectivity index (χ3v) is 5.22. The SMILES string of the molecule is COc1cccc2cc(-c3nc(-c4ccc5c(c4)OCO5)cs3)c(=O)oc12. The lowest BCUT2D eigenvalue weighted by Crippen LogP contribution is -2.03. The van der Waals surface area contributed by atoms with Crippen molar-refractivity contribution in [3.8, 4) is 39.1 Å². The number of hydrogen-bond donors (Lipinski definition) is 0. The van der Waals surface area contributed by atoms with Gasteiger partial charge in [0.25, 0.3) is 0 Å². The molecule has 1 aliphatic rings. The quantitative estimate of drug-likeness (QED) is 0.494. The van der Waals surface area contributed by atoms with Crippen LogP contribution in [0.2, 0.25) is 0 Å². The fourth-order valence-electron chi connectivity index (χ4n) is 3.01. The summed E-state index contributed by atoms with van der Waals surface area (Å²) in [6.07, 6.45) is 0. The standard InChI is InChI=1S/C20H13NO5S/c1-23-16-4-2-3-12-7-13(20(22)26-18(12)16)19-21-14(9-27-19)11-5-6-15-17(8-11)25-10-24-15/h2-9H,10H2,1H3. The molecule has 0 N–H and O–H groups in total. The normalized spacial score (nSPS) is 12.5. The van der Waals surface area contributed by atoms with E-state index in [2.05, 4.69) is 4.98 Å².